The molecular weight excluding hydrogens is 401 g/mol. The maximum atomic E-state index is 14.2. The molecule has 0 unspecified atom stereocenters. The van der Waals surface area contributed by atoms with E-state index in [4.69, 9.17) is 18.5 Å². The third-order valence-corrected chi connectivity index (χ3v) is 6.36. The average Bonchev–Trinajstić information content (AvgIpc) is 2.75. The largest absolute Gasteiger partial charge is 0.497 e. The molecule has 0 saturated carbocycles. The van der Waals surface area contributed by atoms with E-state index in [1.54, 1.807) is 20.3 Å². The predicted molar refractivity (Wildman–Crippen MR) is 122 cm³/mol. The number of hydrogen-bond acceptors (Lipinski definition) is 6. The van der Waals surface area contributed by atoms with Crippen LogP contribution in [0.1, 0.15) is 39.0 Å². The van der Waals surface area contributed by atoms with Crippen molar-refractivity contribution >= 4 is 13.3 Å². The molecule has 6 nitrogen and oxygen atoms in total. The van der Waals surface area contributed by atoms with Gasteiger partial charge in [-0.05, 0) is 36.1 Å². The van der Waals surface area contributed by atoms with Gasteiger partial charge in [0.05, 0.1) is 27.4 Å². The lowest BCUT2D eigenvalue weighted by molar-refractivity contribution is 0.168. The van der Waals surface area contributed by atoms with Gasteiger partial charge in [0, 0.05) is 17.3 Å². The van der Waals surface area contributed by atoms with Gasteiger partial charge in [-0.3, -0.25) is 4.57 Å². The number of nitrogens with one attached hydrogen (secondary N) is 1. The molecule has 0 saturated heterocycles. The van der Waals surface area contributed by atoms with Crippen LogP contribution in [0, 0.1) is 11.8 Å². The van der Waals surface area contributed by atoms with Crippen molar-refractivity contribution in [3.63, 3.8) is 0 Å². The van der Waals surface area contributed by atoms with Crippen LogP contribution in [0.15, 0.2) is 48.5 Å². The quantitative estimate of drug-likeness (QED) is 0.392. The minimum absolute atomic E-state index is 0.205. The fourth-order valence-corrected chi connectivity index (χ4v) is 5.00. The molecule has 1 N–H and O–H groups in total. The summed E-state index contributed by atoms with van der Waals surface area (Å²) >= 11 is 0. The van der Waals surface area contributed by atoms with Crippen molar-refractivity contribution in [1.82, 2.24) is 0 Å². The number of rotatable bonds is 12. The summed E-state index contributed by atoms with van der Waals surface area (Å²) in [6, 6.07) is 15.0. The maximum Gasteiger partial charge on any atom is 0.357 e. The van der Waals surface area contributed by atoms with Crippen LogP contribution in [0.5, 0.6) is 11.5 Å². The normalized spacial score (nSPS) is 12.8. The van der Waals surface area contributed by atoms with Gasteiger partial charge in [-0.15, -0.1) is 0 Å². The highest BCUT2D eigenvalue weighted by atomic mass is 31.2. The Labute approximate surface area is 180 Å². The minimum Gasteiger partial charge on any atom is -0.497 e. The maximum absolute atomic E-state index is 14.2. The zero-order valence-electron chi connectivity index (χ0n) is 18.8. The molecule has 166 valence electrons. The first-order valence-corrected chi connectivity index (χ1v) is 11.8. The third-order valence-electron chi connectivity index (χ3n) is 4.30. The van der Waals surface area contributed by atoms with Crippen LogP contribution in [0.25, 0.3) is 0 Å². The minimum atomic E-state index is -3.62. The number of anilines is 1. The summed E-state index contributed by atoms with van der Waals surface area (Å²) in [6.07, 6.45) is 0. The molecule has 0 aliphatic carbocycles. The Balaban J connectivity index is 2.55. The number of benzene rings is 2. The van der Waals surface area contributed by atoms with E-state index in [2.05, 4.69) is 5.32 Å². The van der Waals surface area contributed by atoms with E-state index in [0.29, 0.717) is 30.3 Å². The van der Waals surface area contributed by atoms with Gasteiger partial charge in [0.2, 0.25) is 0 Å². The van der Waals surface area contributed by atoms with Gasteiger partial charge in [0.1, 0.15) is 11.5 Å². The molecular formula is C23H34NO5P. The molecule has 0 amide bonds. The second-order valence-corrected chi connectivity index (χ2v) is 10.1. The Morgan fingerprint density at radius 3 is 1.97 bits per heavy atom. The van der Waals surface area contributed by atoms with Crippen molar-refractivity contribution in [2.75, 3.05) is 32.8 Å². The van der Waals surface area contributed by atoms with E-state index in [0.717, 1.165) is 5.69 Å². The van der Waals surface area contributed by atoms with Gasteiger partial charge >= 0.3 is 7.60 Å². The molecule has 2 aromatic rings. The highest BCUT2D eigenvalue weighted by molar-refractivity contribution is 7.54. The van der Waals surface area contributed by atoms with Gasteiger partial charge in [0.15, 0.2) is 5.78 Å². The standard InChI is InChI=1S/C23H34NO5P/c1-17(2)15-28-30(25,29-16-18(3)4)23(24-19-10-8-7-9-11-19)21-13-12-20(26-5)14-22(21)27-6/h7-14,17-18,23-24H,15-16H2,1-6H3/t23-/m1/s1. The predicted octanol–water partition coefficient (Wildman–Crippen LogP) is 6.35. The van der Waals surface area contributed by atoms with Crippen LogP contribution >= 0.6 is 7.60 Å². The highest BCUT2D eigenvalue weighted by Crippen LogP contribution is 2.62. The summed E-state index contributed by atoms with van der Waals surface area (Å²) in [5.41, 5.74) is 1.49. The monoisotopic (exact) mass is 435 g/mol. The Kier molecular flexibility index (Phi) is 9.22. The van der Waals surface area contributed by atoms with E-state index < -0.39 is 13.4 Å². The Morgan fingerprint density at radius 2 is 1.47 bits per heavy atom. The van der Waals surface area contributed by atoms with Gasteiger partial charge in [-0.25, -0.2) is 0 Å². The summed E-state index contributed by atoms with van der Waals surface area (Å²) in [6.45, 7) is 8.70. The number of methoxy groups -OCH3 is 2. The smallest absolute Gasteiger partial charge is 0.357 e. The molecule has 0 bridgehead atoms. The second-order valence-electron chi connectivity index (χ2n) is 7.94. The van der Waals surface area contributed by atoms with E-state index >= 15 is 0 Å². The van der Waals surface area contributed by atoms with E-state index in [1.165, 1.54) is 0 Å². The number of hydrogen-bond donors (Lipinski definition) is 1. The van der Waals surface area contributed by atoms with Crippen molar-refractivity contribution in [3.05, 3.63) is 54.1 Å². The molecule has 0 fully saturated rings. The van der Waals surface area contributed by atoms with Gasteiger partial charge in [-0.2, -0.15) is 0 Å². The van der Waals surface area contributed by atoms with Gasteiger partial charge < -0.3 is 23.8 Å². The first-order valence-electron chi connectivity index (χ1n) is 10.2. The van der Waals surface area contributed by atoms with Gasteiger partial charge in [-0.1, -0.05) is 45.9 Å². The van der Waals surface area contributed by atoms with Crippen molar-refractivity contribution in [1.29, 1.82) is 0 Å². The molecule has 0 spiro atoms. The average molecular weight is 436 g/mol. The summed E-state index contributed by atoms with van der Waals surface area (Å²) in [4.78, 5) is 0. The van der Waals surface area contributed by atoms with Crippen LogP contribution in [0.3, 0.4) is 0 Å². The molecule has 30 heavy (non-hydrogen) atoms. The zero-order valence-corrected chi connectivity index (χ0v) is 19.6. The van der Waals surface area contributed by atoms with E-state index in [9.17, 15) is 4.57 Å². The third kappa shape index (κ3) is 6.76. The topological polar surface area (TPSA) is 66.0 Å². The van der Waals surface area contributed by atoms with Crippen molar-refractivity contribution in [3.8, 4) is 11.5 Å². The van der Waals surface area contributed by atoms with Gasteiger partial charge in [0.25, 0.3) is 0 Å². The summed E-state index contributed by atoms with van der Waals surface area (Å²) < 4.78 is 37.0. The second kappa shape index (κ2) is 11.4. The van der Waals surface area contributed by atoms with Crippen LogP contribution in [0.4, 0.5) is 5.69 Å². The molecule has 7 heteroatoms. The fraction of sp³-hybridized carbons (Fsp3) is 0.478. The van der Waals surface area contributed by atoms with Crippen molar-refractivity contribution < 1.29 is 23.1 Å². The van der Waals surface area contributed by atoms with E-state index in [1.807, 2.05) is 70.2 Å². The van der Waals surface area contributed by atoms with E-state index in [-0.39, 0.29) is 11.8 Å². The Morgan fingerprint density at radius 1 is 0.867 bits per heavy atom. The zero-order chi connectivity index (χ0) is 22.1. The van der Waals surface area contributed by atoms with Crippen LogP contribution in [0.2, 0.25) is 0 Å². The lowest BCUT2D eigenvalue weighted by atomic mass is 10.1. The van der Waals surface area contributed by atoms with Crippen LogP contribution < -0.4 is 14.8 Å². The molecule has 0 aromatic heterocycles. The van der Waals surface area contributed by atoms with Crippen molar-refractivity contribution in [2.45, 2.75) is 33.5 Å². The summed E-state index contributed by atoms with van der Waals surface area (Å²) in [5.74, 6) is 0.852. The van der Waals surface area contributed by atoms with Crippen LogP contribution in [-0.2, 0) is 13.6 Å². The Hall–Kier alpha value is -2.01. The SMILES string of the molecule is COc1ccc([C@H](Nc2ccccc2)P(=O)(OCC(C)C)OCC(C)C)c(OC)c1. The van der Waals surface area contributed by atoms with Crippen LogP contribution in [-0.4, -0.2) is 27.4 Å². The number of para-hydroxylation sites is 1. The Bertz CT molecular complexity index is 810. The molecule has 0 radical (unpaired) electrons. The highest BCUT2D eigenvalue weighted by Gasteiger charge is 2.40. The number of ether oxygens (including phenoxy) is 2. The molecule has 2 aromatic carbocycles. The summed E-state index contributed by atoms with van der Waals surface area (Å²) in [5, 5.41) is 3.36. The summed E-state index contributed by atoms with van der Waals surface area (Å²) in [7, 11) is -0.450. The molecule has 0 aliphatic rings. The van der Waals surface area contributed by atoms with Crippen molar-refractivity contribution in [2.24, 2.45) is 11.8 Å². The molecule has 0 heterocycles. The molecule has 0 aliphatic heterocycles. The molecule has 2 rings (SSSR count). The first kappa shape index (κ1) is 24.3. The lowest BCUT2D eigenvalue weighted by Gasteiger charge is -2.30. The molecule has 1 atom stereocenters. The fourth-order valence-electron chi connectivity index (χ4n) is 2.76. The lowest BCUT2D eigenvalue weighted by Crippen LogP contribution is -2.18. The first-order chi connectivity index (χ1) is 14.3.